The summed E-state index contributed by atoms with van der Waals surface area (Å²) in [7, 11) is -2.18. The molecule has 1 aromatic carbocycles. The minimum absolute atomic E-state index is 0.0145. The summed E-state index contributed by atoms with van der Waals surface area (Å²) in [4.78, 5) is 28.3. The highest BCUT2D eigenvalue weighted by molar-refractivity contribution is 7.89. The zero-order valence-electron chi connectivity index (χ0n) is 17.3. The van der Waals surface area contributed by atoms with E-state index in [9.17, 15) is 18.0 Å². The van der Waals surface area contributed by atoms with Crippen molar-refractivity contribution in [3.63, 3.8) is 0 Å². The molecule has 1 aliphatic rings. The molecule has 4 N–H and O–H groups in total. The van der Waals surface area contributed by atoms with Gasteiger partial charge >= 0.3 is 0 Å². The number of nitrogens with one attached hydrogen (secondary N) is 2. The number of nitrogens with zero attached hydrogens (tertiary/aromatic N) is 2. The van der Waals surface area contributed by atoms with Crippen LogP contribution in [-0.4, -0.2) is 89.6 Å². The zero-order chi connectivity index (χ0) is 22.0. The van der Waals surface area contributed by atoms with Crippen LogP contribution in [0.25, 0.3) is 0 Å². The van der Waals surface area contributed by atoms with E-state index in [2.05, 4.69) is 20.4 Å². The highest BCUT2D eigenvalue weighted by atomic mass is 32.2. The zero-order valence-corrected chi connectivity index (χ0v) is 18.1. The van der Waals surface area contributed by atoms with Crippen LogP contribution in [0.15, 0.2) is 29.2 Å². The molecule has 1 aliphatic heterocycles. The first kappa shape index (κ1) is 24.2. The van der Waals surface area contributed by atoms with Gasteiger partial charge in [-0.15, -0.1) is 0 Å². The van der Waals surface area contributed by atoms with Crippen LogP contribution in [0.4, 0.5) is 5.69 Å². The van der Waals surface area contributed by atoms with Gasteiger partial charge in [-0.05, 0) is 24.6 Å². The molecule has 0 radical (unpaired) electrons. The van der Waals surface area contributed by atoms with Crippen molar-refractivity contribution < 1.29 is 22.7 Å². The SMILES string of the molecule is COCCCNC(=O)CN1CCN(CCC(=O)Nc2cccc(S(N)(=O)=O)c2)CC1. The predicted octanol–water partition coefficient (Wildman–Crippen LogP) is -0.567. The number of primary sulfonamides is 1. The Labute approximate surface area is 177 Å². The average Bonchev–Trinajstić information content (AvgIpc) is 2.70. The van der Waals surface area contributed by atoms with Crippen molar-refractivity contribution >= 4 is 27.5 Å². The third kappa shape index (κ3) is 8.76. The molecule has 0 atom stereocenters. The Morgan fingerprint density at radius 2 is 1.83 bits per heavy atom. The molecule has 30 heavy (non-hydrogen) atoms. The van der Waals surface area contributed by atoms with Crippen LogP contribution in [0.3, 0.4) is 0 Å². The molecule has 1 saturated heterocycles. The van der Waals surface area contributed by atoms with Crippen molar-refractivity contribution in [2.45, 2.75) is 17.7 Å². The number of amides is 2. The highest BCUT2D eigenvalue weighted by Crippen LogP contribution is 2.14. The van der Waals surface area contributed by atoms with Crippen LogP contribution in [0.2, 0.25) is 0 Å². The third-order valence-corrected chi connectivity index (χ3v) is 5.69. The fourth-order valence-electron chi connectivity index (χ4n) is 3.11. The number of benzene rings is 1. The van der Waals surface area contributed by atoms with Crippen molar-refractivity contribution in [2.75, 3.05) is 64.8 Å². The topological polar surface area (TPSA) is 134 Å². The first-order valence-corrected chi connectivity index (χ1v) is 11.5. The minimum atomic E-state index is -3.81. The molecule has 0 aliphatic carbocycles. The Hall–Kier alpha value is -2.05. The highest BCUT2D eigenvalue weighted by Gasteiger charge is 2.19. The Morgan fingerprint density at radius 1 is 1.13 bits per heavy atom. The van der Waals surface area contributed by atoms with Gasteiger partial charge in [0.2, 0.25) is 21.8 Å². The first-order valence-electron chi connectivity index (χ1n) is 9.91. The Morgan fingerprint density at radius 3 is 2.50 bits per heavy atom. The van der Waals surface area contributed by atoms with Crippen LogP contribution in [0.5, 0.6) is 0 Å². The number of carbonyl (C=O) groups excluding carboxylic acids is 2. The number of nitrogens with two attached hydrogens (primary N) is 1. The number of ether oxygens (including phenoxy) is 1. The fourth-order valence-corrected chi connectivity index (χ4v) is 3.67. The smallest absolute Gasteiger partial charge is 0.238 e. The summed E-state index contributed by atoms with van der Waals surface area (Å²) in [6.07, 6.45) is 1.09. The number of hydrogen-bond donors (Lipinski definition) is 3. The number of piperazine rings is 1. The molecular weight excluding hydrogens is 410 g/mol. The van der Waals surface area contributed by atoms with E-state index in [-0.39, 0.29) is 16.7 Å². The second kappa shape index (κ2) is 12.0. The van der Waals surface area contributed by atoms with Gasteiger partial charge in [0, 0.05) is 65.1 Å². The second-order valence-electron chi connectivity index (χ2n) is 7.19. The lowest BCUT2D eigenvalue weighted by atomic mass is 10.2. The number of hydrogen-bond acceptors (Lipinski definition) is 7. The molecule has 0 unspecified atom stereocenters. The van der Waals surface area contributed by atoms with Gasteiger partial charge in [-0.2, -0.15) is 0 Å². The molecule has 11 heteroatoms. The molecule has 1 aromatic rings. The van der Waals surface area contributed by atoms with Gasteiger partial charge in [-0.25, -0.2) is 13.6 Å². The Balaban J connectivity index is 1.66. The molecule has 1 heterocycles. The predicted molar refractivity (Wildman–Crippen MR) is 113 cm³/mol. The van der Waals surface area contributed by atoms with Crippen LogP contribution in [-0.2, 0) is 24.3 Å². The lowest BCUT2D eigenvalue weighted by molar-refractivity contribution is -0.122. The molecule has 0 aromatic heterocycles. The summed E-state index contributed by atoms with van der Waals surface area (Å²) in [6, 6.07) is 5.87. The summed E-state index contributed by atoms with van der Waals surface area (Å²) in [5.74, 6) is -0.180. The van der Waals surface area contributed by atoms with Crippen molar-refractivity contribution in [2.24, 2.45) is 5.14 Å². The van der Waals surface area contributed by atoms with E-state index in [1.165, 1.54) is 18.2 Å². The maximum atomic E-state index is 12.2. The van der Waals surface area contributed by atoms with E-state index in [1.807, 2.05) is 0 Å². The summed E-state index contributed by atoms with van der Waals surface area (Å²) in [6.45, 7) is 5.31. The molecular formula is C19H31N5O5S. The van der Waals surface area contributed by atoms with Gasteiger partial charge in [-0.3, -0.25) is 14.5 Å². The number of anilines is 1. The standard InChI is InChI=1S/C19H31N5O5S/c1-29-13-3-7-21-19(26)15-24-11-9-23(10-12-24)8-6-18(25)22-16-4-2-5-17(14-16)30(20,27)28/h2,4-5,14H,3,6-13,15H2,1H3,(H,21,26)(H,22,25)(H2,20,27,28). The number of sulfonamides is 1. The molecule has 168 valence electrons. The van der Waals surface area contributed by atoms with E-state index in [0.29, 0.717) is 38.3 Å². The Bertz CT molecular complexity index is 809. The van der Waals surface area contributed by atoms with Crippen molar-refractivity contribution in [1.29, 1.82) is 0 Å². The minimum Gasteiger partial charge on any atom is -0.385 e. The lowest BCUT2D eigenvalue weighted by Gasteiger charge is -2.34. The van der Waals surface area contributed by atoms with Gasteiger partial charge in [-0.1, -0.05) is 6.07 Å². The van der Waals surface area contributed by atoms with Gasteiger partial charge in [0.25, 0.3) is 0 Å². The van der Waals surface area contributed by atoms with Crippen LogP contribution in [0.1, 0.15) is 12.8 Å². The first-order chi connectivity index (χ1) is 14.3. The largest absolute Gasteiger partial charge is 0.385 e. The molecule has 0 spiro atoms. The van der Waals surface area contributed by atoms with Gasteiger partial charge < -0.3 is 20.3 Å². The maximum absolute atomic E-state index is 12.2. The van der Waals surface area contributed by atoms with Crippen molar-refractivity contribution in [1.82, 2.24) is 15.1 Å². The number of carbonyl (C=O) groups is 2. The average molecular weight is 442 g/mol. The summed E-state index contributed by atoms with van der Waals surface area (Å²) in [5, 5.41) is 10.7. The van der Waals surface area contributed by atoms with E-state index in [1.54, 1.807) is 13.2 Å². The maximum Gasteiger partial charge on any atom is 0.238 e. The van der Waals surface area contributed by atoms with Crippen LogP contribution < -0.4 is 15.8 Å². The van der Waals surface area contributed by atoms with Crippen molar-refractivity contribution in [3.8, 4) is 0 Å². The summed E-state index contributed by atoms with van der Waals surface area (Å²) >= 11 is 0. The van der Waals surface area contributed by atoms with E-state index in [0.717, 1.165) is 32.6 Å². The molecule has 2 rings (SSSR count). The normalized spacial score (nSPS) is 15.7. The molecule has 2 amide bonds. The molecule has 10 nitrogen and oxygen atoms in total. The number of methoxy groups -OCH3 is 1. The monoisotopic (exact) mass is 441 g/mol. The van der Waals surface area contributed by atoms with Gasteiger partial charge in [0.1, 0.15) is 0 Å². The van der Waals surface area contributed by atoms with Gasteiger partial charge in [0.05, 0.1) is 11.4 Å². The fraction of sp³-hybridized carbons (Fsp3) is 0.579. The summed E-state index contributed by atoms with van der Waals surface area (Å²) in [5.41, 5.74) is 0.396. The Kier molecular flexibility index (Phi) is 9.66. The van der Waals surface area contributed by atoms with Crippen molar-refractivity contribution in [3.05, 3.63) is 24.3 Å². The molecule has 0 bridgehead atoms. The number of rotatable bonds is 11. The van der Waals surface area contributed by atoms with E-state index >= 15 is 0 Å². The third-order valence-electron chi connectivity index (χ3n) is 4.78. The quantitative estimate of drug-likeness (QED) is 0.392. The second-order valence-corrected chi connectivity index (χ2v) is 8.75. The summed E-state index contributed by atoms with van der Waals surface area (Å²) < 4.78 is 27.8. The molecule has 0 saturated carbocycles. The van der Waals surface area contributed by atoms with Gasteiger partial charge in [0.15, 0.2) is 0 Å². The molecule has 1 fully saturated rings. The van der Waals surface area contributed by atoms with E-state index in [4.69, 9.17) is 9.88 Å². The van der Waals surface area contributed by atoms with Crippen LogP contribution in [0, 0.1) is 0 Å². The van der Waals surface area contributed by atoms with Crippen LogP contribution >= 0.6 is 0 Å². The lowest BCUT2D eigenvalue weighted by Crippen LogP contribution is -2.49. The van der Waals surface area contributed by atoms with E-state index < -0.39 is 10.0 Å².